The van der Waals surface area contributed by atoms with Gasteiger partial charge in [-0.05, 0) is 24.4 Å². The van der Waals surface area contributed by atoms with E-state index in [1.54, 1.807) is 14.0 Å². The summed E-state index contributed by atoms with van der Waals surface area (Å²) in [5.74, 6) is 0.264. The Kier molecular flexibility index (Phi) is 7.97. The molecule has 0 saturated heterocycles. The minimum Gasteiger partial charge on any atom is -0.383 e. The maximum Gasteiger partial charge on any atom is 0.193 e. The van der Waals surface area contributed by atoms with Gasteiger partial charge in [0.05, 0.1) is 13.2 Å². The van der Waals surface area contributed by atoms with E-state index in [4.69, 9.17) is 10.5 Å². The van der Waals surface area contributed by atoms with Crippen LogP contribution < -0.4 is 11.1 Å². The molecular weight excluding hydrogens is 425 g/mol. The minimum atomic E-state index is -1.02. The molecule has 0 bridgehead atoms. The van der Waals surface area contributed by atoms with Crippen LogP contribution in [0.2, 0.25) is 0 Å². The second-order valence-electron chi connectivity index (χ2n) is 5.17. The largest absolute Gasteiger partial charge is 0.383 e. The summed E-state index contributed by atoms with van der Waals surface area (Å²) in [6, 6.07) is 11.5. The van der Waals surface area contributed by atoms with Gasteiger partial charge < -0.3 is 20.9 Å². The summed E-state index contributed by atoms with van der Waals surface area (Å²) in [4.78, 5) is 5.11. The predicted octanol–water partition coefficient (Wildman–Crippen LogP) is 3.15. The number of rotatable bonds is 6. The molecule has 0 saturated carbocycles. The van der Waals surface area contributed by atoms with Crippen molar-refractivity contribution in [1.29, 1.82) is 0 Å². The third-order valence-electron chi connectivity index (χ3n) is 3.19. The number of hydrogen-bond donors (Lipinski definition) is 3. The second kappa shape index (κ2) is 9.21. The van der Waals surface area contributed by atoms with Crippen molar-refractivity contribution in [3.63, 3.8) is 0 Å². The average Bonchev–Trinajstić information content (AvgIpc) is 3.03. The molecule has 1 unspecified atom stereocenters. The van der Waals surface area contributed by atoms with Gasteiger partial charge in [-0.15, -0.1) is 35.3 Å². The van der Waals surface area contributed by atoms with E-state index in [-0.39, 0.29) is 36.5 Å². The highest BCUT2D eigenvalue weighted by Gasteiger charge is 2.23. The Labute approximate surface area is 157 Å². The van der Waals surface area contributed by atoms with E-state index >= 15 is 0 Å². The summed E-state index contributed by atoms with van der Waals surface area (Å²) in [5, 5.41) is 15.4. The van der Waals surface area contributed by atoms with Crippen LogP contribution in [0.1, 0.15) is 17.4 Å². The number of guanidine groups is 1. The standard InChI is InChI=1S/C16H21N3O2S.HI/c1-16(20,14-8-5-9-22-14)11-18-15(17)19-13-7-4-3-6-12(13)10-21-2;/h3-9,20H,10-11H2,1-2H3,(H3,17,18,19);1H. The first kappa shape index (κ1) is 19.9. The number of methoxy groups -OCH3 is 1. The zero-order valence-corrected chi connectivity index (χ0v) is 16.3. The molecule has 0 spiro atoms. The zero-order valence-electron chi connectivity index (χ0n) is 13.2. The third-order valence-corrected chi connectivity index (χ3v) is 4.31. The van der Waals surface area contributed by atoms with E-state index in [1.165, 1.54) is 11.3 Å². The molecule has 126 valence electrons. The van der Waals surface area contributed by atoms with Crippen molar-refractivity contribution in [3.05, 3.63) is 52.2 Å². The summed E-state index contributed by atoms with van der Waals surface area (Å²) in [6.07, 6.45) is 0. The van der Waals surface area contributed by atoms with Gasteiger partial charge in [-0.3, -0.25) is 0 Å². The number of aliphatic hydroxyl groups is 1. The first-order valence-corrected chi connectivity index (χ1v) is 7.81. The topological polar surface area (TPSA) is 79.9 Å². The van der Waals surface area contributed by atoms with E-state index in [1.807, 2.05) is 41.8 Å². The number of nitrogens with zero attached hydrogens (tertiary/aromatic N) is 1. The van der Waals surface area contributed by atoms with Gasteiger partial charge in [0, 0.05) is 23.2 Å². The molecule has 0 amide bonds. The molecule has 1 heterocycles. The van der Waals surface area contributed by atoms with E-state index < -0.39 is 5.60 Å². The van der Waals surface area contributed by atoms with Crippen LogP contribution in [-0.2, 0) is 16.9 Å². The van der Waals surface area contributed by atoms with Crippen molar-refractivity contribution in [2.24, 2.45) is 10.7 Å². The number of benzene rings is 1. The first-order chi connectivity index (χ1) is 10.5. The summed E-state index contributed by atoms with van der Waals surface area (Å²) < 4.78 is 5.15. The Bertz CT molecular complexity index is 630. The summed E-state index contributed by atoms with van der Waals surface area (Å²) in [5.41, 5.74) is 6.74. The number of nitrogens with two attached hydrogens (primary N) is 1. The first-order valence-electron chi connectivity index (χ1n) is 6.93. The highest BCUT2D eigenvalue weighted by molar-refractivity contribution is 14.0. The van der Waals surface area contributed by atoms with Crippen LogP contribution in [0, 0.1) is 0 Å². The Balaban J connectivity index is 0.00000264. The van der Waals surface area contributed by atoms with Gasteiger partial charge >= 0.3 is 0 Å². The number of aliphatic imine (C=N–C) groups is 1. The molecule has 1 aromatic heterocycles. The fourth-order valence-electron chi connectivity index (χ4n) is 2.00. The van der Waals surface area contributed by atoms with Crippen molar-refractivity contribution >= 4 is 47.0 Å². The molecule has 0 aliphatic carbocycles. The highest BCUT2D eigenvalue weighted by Crippen LogP contribution is 2.25. The molecule has 0 aliphatic rings. The minimum absolute atomic E-state index is 0. The number of thiophene rings is 1. The third kappa shape index (κ3) is 5.76. The lowest BCUT2D eigenvalue weighted by Gasteiger charge is -2.19. The number of hydrogen-bond acceptors (Lipinski definition) is 4. The molecule has 23 heavy (non-hydrogen) atoms. The Morgan fingerprint density at radius 2 is 2.09 bits per heavy atom. The van der Waals surface area contributed by atoms with Gasteiger partial charge in [0.15, 0.2) is 5.96 Å². The lowest BCUT2D eigenvalue weighted by molar-refractivity contribution is 0.0713. The van der Waals surface area contributed by atoms with Crippen LogP contribution in [0.4, 0.5) is 5.69 Å². The van der Waals surface area contributed by atoms with Gasteiger partial charge in [0.25, 0.3) is 0 Å². The zero-order chi connectivity index (χ0) is 16.0. The van der Waals surface area contributed by atoms with Gasteiger partial charge in [0.1, 0.15) is 5.60 Å². The fraction of sp³-hybridized carbons (Fsp3) is 0.312. The van der Waals surface area contributed by atoms with Crippen LogP contribution in [0.25, 0.3) is 0 Å². The van der Waals surface area contributed by atoms with Crippen molar-refractivity contribution in [3.8, 4) is 0 Å². The molecule has 5 nitrogen and oxygen atoms in total. The number of nitrogens with one attached hydrogen (secondary N) is 1. The molecule has 2 aromatic rings. The van der Waals surface area contributed by atoms with Crippen molar-refractivity contribution in [1.82, 2.24) is 0 Å². The van der Waals surface area contributed by atoms with Crippen molar-refractivity contribution in [2.45, 2.75) is 19.1 Å². The number of halogens is 1. The average molecular weight is 447 g/mol. The quantitative estimate of drug-likeness (QED) is 0.361. The monoisotopic (exact) mass is 447 g/mol. The molecule has 0 fully saturated rings. The fourth-order valence-corrected chi connectivity index (χ4v) is 2.78. The van der Waals surface area contributed by atoms with Crippen LogP contribution in [0.15, 0.2) is 46.8 Å². The summed E-state index contributed by atoms with van der Waals surface area (Å²) >= 11 is 1.50. The van der Waals surface area contributed by atoms with Gasteiger partial charge in [-0.25, -0.2) is 4.99 Å². The lowest BCUT2D eigenvalue weighted by Crippen LogP contribution is -2.29. The van der Waals surface area contributed by atoms with E-state index in [0.717, 1.165) is 16.1 Å². The maximum atomic E-state index is 10.4. The molecule has 1 aromatic carbocycles. The number of anilines is 1. The van der Waals surface area contributed by atoms with Gasteiger partial charge in [-0.1, -0.05) is 24.3 Å². The van der Waals surface area contributed by atoms with E-state index in [2.05, 4.69) is 10.3 Å². The molecule has 1 atom stereocenters. The van der Waals surface area contributed by atoms with Gasteiger partial charge in [0.2, 0.25) is 0 Å². The SMILES string of the molecule is COCc1ccccc1NC(N)=NCC(C)(O)c1cccs1.I. The van der Waals surface area contributed by atoms with Crippen molar-refractivity contribution < 1.29 is 9.84 Å². The molecule has 2 rings (SSSR count). The summed E-state index contributed by atoms with van der Waals surface area (Å²) in [7, 11) is 1.65. The number of ether oxygens (including phenoxy) is 1. The van der Waals surface area contributed by atoms with Crippen LogP contribution in [0.3, 0.4) is 0 Å². The Hall–Kier alpha value is -1.16. The van der Waals surface area contributed by atoms with Crippen LogP contribution >= 0.6 is 35.3 Å². The van der Waals surface area contributed by atoms with E-state index in [0.29, 0.717) is 6.61 Å². The van der Waals surface area contributed by atoms with Crippen molar-refractivity contribution in [2.75, 3.05) is 19.0 Å². The molecule has 0 radical (unpaired) electrons. The lowest BCUT2D eigenvalue weighted by atomic mass is 10.1. The molecular formula is C16H22IN3O2S. The van der Waals surface area contributed by atoms with Crippen LogP contribution in [0.5, 0.6) is 0 Å². The number of para-hydroxylation sites is 1. The smallest absolute Gasteiger partial charge is 0.193 e. The normalized spacial score (nSPS) is 14.0. The molecule has 0 aliphatic heterocycles. The van der Waals surface area contributed by atoms with Crippen LogP contribution in [-0.4, -0.2) is 24.7 Å². The molecule has 7 heteroatoms. The molecule has 4 N–H and O–H groups in total. The Morgan fingerprint density at radius 3 is 2.74 bits per heavy atom. The van der Waals surface area contributed by atoms with E-state index in [9.17, 15) is 5.11 Å². The second-order valence-corrected chi connectivity index (χ2v) is 6.12. The maximum absolute atomic E-state index is 10.4. The highest BCUT2D eigenvalue weighted by atomic mass is 127. The Morgan fingerprint density at radius 1 is 1.35 bits per heavy atom. The van der Waals surface area contributed by atoms with Gasteiger partial charge in [-0.2, -0.15) is 0 Å². The summed E-state index contributed by atoms with van der Waals surface area (Å²) in [6.45, 7) is 2.41. The predicted molar refractivity (Wildman–Crippen MR) is 107 cm³/mol.